The second kappa shape index (κ2) is 5.65. The molecule has 0 saturated heterocycles. The Hall–Kier alpha value is -2.21. The number of halogens is 1. The standard InChI is InChI=1S/C15H13FN4S/c1-10(2)8-21-15-13-7-19-20(14(13)17-9-18-15)12-5-3-11(16)4-6-12/h3-7,9H,1,8H2,2H3. The molecule has 3 rings (SSSR count). The van der Waals surface area contributed by atoms with Crippen LogP contribution in [0.25, 0.3) is 16.7 Å². The summed E-state index contributed by atoms with van der Waals surface area (Å²) < 4.78 is 14.7. The Bertz CT molecular complexity index is 795. The molecule has 2 aromatic heterocycles. The molecule has 0 aliphatic rings. The molecule has 0 bridgehead atoms. The first-order valence-electron chi connectivity index (χ1n) is 6.37. The van der Waals surface area contributed by atoms with E-state index in [9.17, 15) is 4.39 Å². The van der Waals surface area contributed by atoms with Crippen LogP contribution in [-0.4, -0.2) is 25.5 Å². The summed E-state index contributed by atoms with van der Waals surface area (Å²) in [7, 11) is 0. The van der Waals surface area contributed by atoms with Gasteiger partial charge in [-0.05, 0) is 31.2 Å². The number of fused-ring (bicyclic) bond motifs is 1. The van der Waals surface area contributed by atoms with Crippen LogP contribution < -0.4 is 0 Å². The van der Waals surface area contributed by atoms with E-state index in [0.29, 0.717) is 5.65 Å². The second-order valence-electron chi connectivity index (χ2n) is 4.69. The molecule has 0 fully saturated rings. The van der Waals surface area contributed by atoms with Crippen molar-refractivity contribution in [3.8, 4) is 5.69 Å². The molecule has 0 amide bonds. The minimum atomic E-state index is -0.275. The molecule has 4 nitrogen and oxygen atoms in total. The molecule has 3 aromatic rings. The van der Waals surface area contributed by atoms with Crippen LogP contribution in [0.15, 0.2) is 54.0 Å². The van der Waals surface area contributed by atoms with Gasteiger partial charge < -0.3 is 0 Å². The summed E-state index contributed by atoms with van der Waals surface area (Å²) in [6.07, 6.45) is 3.25. The van der Waals surface area contributed by atoms with Crippen molar-refractivity contribution in [2.45, 2.75) is 11.9 Å². The highest BCUT2D eigenvalue weighted by atomic mass is 32.2. The highest BCUT2D eigenvalue weighted by Crippen LogP contribution is 2.26. The Kier molecular flexibility index (Phi) is 3.70. The van der Waals surface area contributed by atoms with E-state index in [0.717, 1.165) is 27.4 Å². The van der Waals surface area contributed by atoms with Gasteiger partial charge in [0.25, 0.3) is 0 Å². The van der Waals surface area contributed by atoms with Gasteiger partial charge in [0.2, 0.25) is 0 Å². The minimum Gasteiger partial charge on any atom is -0.229 e. The third-order valence-electron chi connectivity index (χ3n) is 2.86. The maximum absolute atomic E-state index is 13.0. The second-order valence-corrected chi connectivity index (χ2v) is 5.66. The van der Waals surface area contributed by atoms with Gasteiger partial charge in [0.1, 0.15) is 17.2 Å². The molecule has 1 aromatic carbocycles. The van der Waals surface area contributed by atoms with Gasteiger partial charge in [-0.25, -0.2) is 19.0 Å². The minimum absolute atomic E-state index is 0.275. The molecule has 0 unspecified atom stereocenters. The summed E-state index contributed by atoms with van der Waals surface area (Å²) in [5, 5.41) is 6.09. The largest absolute Gasteiger partial charge is 0.229 e. The van der Waals surface area contributed by atoms with Crippen molar-refractivity contribution in [2.75, 3.05) is 5.75 Å². The summed E-state index contributed by atoms with van der Waals surface area (Å²) in [5.41, 5.74) is 2.56. The fraction of sp³-hybridized carbons (Fsp3) is 0.133. The Morgan fingerprint density at radius 1 is 1.29 bits per heavy atom. The van der Waals surface area contributed by atoms with Gasteiger partial charge in [-0.3, -0.25) is 0 Å². The fourth-order valence-corrected chi connectivity index (χ4v) is 2.70. The van der Waals surface area contributed by atoms with Crippen molar-refractivity contribution in [1.29, 1.82) is 0 Å². The lowest BCUT2D eigenvalue weighted by Gasteiger charge is -2.04. The molecule has 0 radical (unpaired) electrons. The summed E-state index contributed by atoms with van der Waals surface area (Å²) in [6, 6.07) is 6.15. The first-order valence-corrected chi connectivity index (χ1v) is 7.35. The first kappa shape index (κ1) is 13.8. The molecule has 0 N–H and O–H groups in total. The highest BCUT2D eigenvalue weighted by Gasteiger charge is 2.11. The van der Waals surface area contributed by atoms with Gasteiger partial charge in [0, 0.05) is 5.75 Å². The average molecular weight is 300 g/mol. The first-order chi connectivity index (χ1) is 10.1. The van der Waals surface area contributed by atoms with E-state index in [1.54, 1.807) is 34.8 Å². The maximum Gasteiger partial charge on any atom is 0.167 e. The highest BCUT2D eigenvalue weighted by molar-refractivity contribution is 7.99. The van der Waals surface area contributed by atoms with Crippen LogP contribution in [0.2, 0.25) is 0 Å². The lowest BCUT2D eigenvalue weighted by molar-refractivity contribution is 0.627. The number of aromatic nitrogens is 4. The number of thioether (sulfide) groups is 1. The van der Waals surface area contributed by atoms with Crippen LogP contribution >= 0.6 is 11.8 Å². The number of hydrogen-bond donors (Lipinski definition) is 0. The molecular formula is C15H13FN4S. The van der Waals surface area contributed by atoms with Gasteiger partial charge in [0.05, 0.1) is 17.3 Å². The average Bonchev–Trinajstić information content (AvgIpc) is 2.90. The lowest BCUT2D eigenvalue weighted by atomic mass is 10.3. The van der Waals surface area contributed by atoms with Crippen LogP contribution in [0.4, 0.5) is 4.39 Å². The van der Waals surface area contributed by atoms with Crippen molar-refractivity contribution >= 4 is 22.8 Å². The molecule has 6 heteroatoms. The lowest BCUT2D eigenvalue weighted by Crippen LogP contribution is -1.98. The summed E-state index contributed by atoms with van der Waals surface area (Å²) in [4.78, 5) is 8.58. The number of nitrogens with zero attached hydrogens (tertiary/aromatic N) is 4. The molecule has 2 heterocycles. The molecule has 0 aliphatic carbocycles. The van der Waals surface area contributed by atoms with Crippen molar-refractivity contribution in [3.05, 3.63) is 54.8 Å². The van der Waals surface area contributed by atoms with E-state index >= 15 is 0 Å². The van der Waals surface area contributed by atoms with Crippen molar-refractivity contribution in [1.82, 2.24) is 19.7 Å². The van der Waals surface area contributed by atoms with Crippen LogP contribution in [0.5, 0.6) is 0 Å². The zero-order chi connectivity index (χ0) is 14.8. The third-order valence-corrected chi connectivity index (χ3v) is 4.09. The molecule has 106 valence electrons. The number of hydrogen-bond acceptors (Lipinski definition) is 4. The number of rotatable bonds is 4. The molecule has 0 atom stereocenters. The summed E-state index contributed by atoms with van der Waals surface area (Å²) in [5.74, 6) is 0.524. The normalized spacial score (nSPS) is 11.0. The molecule has 0 saturated carbocycles. The van der Waals surface area contributed by atoms with Gasteiger partial charge in [0.15, 0.2) is 5.65 Å². The summed E-state index contributed by atoms with van der Waals surface area (Å²) in [6.45, 7) is 5.87. The molecule has 21 heavy (non-hydrogen) atoms. The zero-order valence-electron chi connectivity index (χ0n) is 11.5. The predicted molar refractivity (Wildman–Crippen MR) is 82.2 cm³/mol. The fourth-order valence-electron chi connectivity index (χ4n) is 1.90. The smallest absolute Gasteiger partial charge is 0.167 e. The Balaban J connectivity index is 2.04. The van der Waals surface area contributed by atoms with Gasteiger partial charge in [-0.15, -0.1) is 11.8 Å². The van der Waals surface area contributed by atoms with Crippen molar-refractivity contribution < 1.29 is 4.39 Å². The number of benzene rings is 1. The van der Waals surface area contributed by atoms with E-state index in [-0.39, 0.29) is 5.82 Å². The topological polar surface area (TPSA) is 43.6 Å². The quantitative estimate of drug-likeness (QED) is 0.419. The van der Waals surface area contributed by atoms with Gasteiger partial charge in [-0.1, -0.05) is 12.2 Å². The van der Waals surface area contributed by atoms with Crippen molar-refractivity contribution in [3.63, 3.8) is 0 Å². The van der Waals surface area contributed by atoms with E-state index in [4.69, 9.17) is 0 Å². The van der Waals surface area contributed by atoms with Crippen LogP contribution in [0.1, 0.15) is 6.92 Å². The maximum atomic E-state index is 13.0. The molecular weight excluding hydrogens is 287 g/mol. The summed E-state index contributed by atoms with van der Waals surface area (Å²) >= 11 is 1.61. The molecule has 0 aliphatic heterocycles. The van der Waals surface area contributed by atoms with Crippen LogP contribution in [0, 0.1) is 5.82 Å². The Morgan fingerprint density at radius 3 is 2.76 bits per heavy atom. The zero-order valence-corrected chi connectivity index (χ0v) is 12.3. The van der Waals surface area contributed by atoms with Crippen LogP contribution in [-0.2, 0) is 0 Å². The van der Waals surface area contributed by atoms with E-state index in [2.05, 4.69) is 21.6 Å². The van der Waals surface area contributed by atoms with E-state index in [1.807, 2.05) is 6.92 Å². The van der Waals surface area contributed by atoms with Crippen LogP contribution in [0.3, 0.4) is 0 Å². The van der Waals surface area contributed by atoms with Gasteiger partial charge >= 0.3 is 0 Å². The van der Waals surface area contributed by atoms with Crippen molar-refractivity contribution in [2.24, 2.45) is 0 Å². The molecule has 0 spiro atoms. The van der Waals surface area contributed by atoms with E-state index < -0.39 is 0 Å². The SMILES string of the molecule is C=C(C)CSc1ncnc2c1cnn2-c1ccc(F)cc1. The Morgan fingerprint density at radius 2 is 2.05 bits per heavy atom. The van der Waals surface area contributed by atoms with E-state index in [1.165, 1.54) is 18.5 Å². The van der Waals surface area contributed by atoms with Gasteiger partial charge in [-0.2, -0.15) is 5.10 Å². The third kappa shape index (κ3) is 2.80. The predicted octanol–water partition coefficient (Wildman–Crippen LogP) is 3.62. The Labute approximate surface area is 125 Å². The monoisotopic (exact) mass is 300 g/mol.